The molecule has 12 nitrogen and oxygen atoms in total. The van der Waals surface area contributed by atoms with Gasteiger partial charge in [0.05, 0.1) is 19.3 Å². The normalized spacial score (nSPS) is 34.2. The average molecular weight is 733 g/mol. The number of amides is 1. The summed E-state index contributed by atoms with van der Waals surface area (Å²) in [6.07, 6.45) is 9.50. The van der Waals surface area contributed by atoms with Crippen molar-refractivity contribution in [3.8, 4) is 0 Å². The van der Waals surface area contributed by atoms with Gasteiger partial charge in [0.15, 0.2) is 0 Å². The van der Waals surface area contributed by atoms with Crippen LogP contribution in [0, 0.1) is 46.3 Å². The Labute approximate surface area is 311 Å². The predicted molar refractivity (Wildman–Crippen MR) is 197 cm³/mol. The molecule has 4 aliphatic rings. The van der Waals surface area contributed by atoms with Crippen LogP contribution in [-0.4, -0.2) is 74.1 Å². The fourth-order valence-electron chi connectivity index (χ4n) is 11.1. The molecule has 0 aliphatic heterocycles. The van der Waals surface area contributed by atoms with E-state index in [9.17, 15) is 24.0 Å². The number of carbonyl (C=O) groups excluding carboxylic acids is 5. The Hall–Kier alpha value is -2.57. The third kappa shape index (κ3) is 9.94. The molecular weight excluding hydrogens is 664 g/mol. The van der Waals surface area contributed by atoms with Crippen LogP contribution in [0.1, 0.15) is 130 Å². The number of rotatable bonds is 19. The Balaban J connectivity index is 1.56. The number of unbranched alkanes of at least 4 members (excludes halogenated alkanes) is 2. The summed E-state index contributed by atoms with van der Waals surface area (Å²) in [6.45, 7) is 9.75. The molecule has 0 heterocycles. The molecule has 7 N–H and O–H groups in total. The number of carbonyl (C=O) groups is 5. The first-order valence-electron chi connectivity index (χ1n) is 20.2. The molecular formula is C40H68N4O8. The number of hydrogen-bond donors (Lipinski definition) is 4. The molecule has 1 amide bonds. The maximum Gasteiger partial charge on any atom is 0.307 e. The summed E-state index contributed by atoms with van der Waals surface area (Å²) < 4.78 is 18.7. The van der Waals surface area contributed by atoms with Crippen LogP contribution in [0.4, 0.5) is 0 Å². The first-order valence-corrected chi connectivity index (χ1v) is 20.2. The van der Waals surface area contributed by atoms with Gasteiger partial charge in [-0.3, -0.25) is 19.2 Å². The van der Waals surface area contributed by atoms with Gasteiger partial charge in [-0.1, -0.05) is 27.2 Å². The van der Waals surface area contributed by atoms with Gasteiger partial charge >= 0.3 is 17.9 Å². The Kier molecular flexibility index (Phi) is 15.5. The summed E-state index contributed by atoms with van der Waals surface area (Å²) in [5, 5.41) is 3.06. The van der Waals surface area contributed by atoms with Gasteiger partial charge in [-0.2, -0.15) is 0 Å². The van der Waals surface area contributed by atoms with Gasteiger partial charge in [0.2, 0.25) is 5.91 Å². The quantitative estimate of drug-likeness (QED) is 0.0836. The van der Waals surface area contributed by atoms with Gasteiger partial charge in [-0.15, -0.1) is 0 Å². The number of esters is 3. The molecule has 0 aromatic carbocycles. The second-order valence-corrected chi connectivity index (χ2v) is 16.9. The van der Waals surface area contributed by atoms with Crippen LogP contribution in [0.2, 0.25) is 0 Å². The van der Waals surface area contributed by atoms with Crippen molar-refractivity contribution in [2.45, 2.75) is 149 Å². The lowest BCUT2D eigenvalue weighted by Gasteiger charge is -2.64. The van der Waals surface area contributed by atoms with Crippen LogP contribution in [0.25, 0.3) is 0 Å². The molecule has 0 saturated heterocycles. The zero-order chi connectivity index (χ0) is 38.1. The van der Waals surface area contributed by atoms with Gasteiger partial charge in [-0.05, 0) is 106 Å². The summed E-state index contributed by atoms with van der Waals surface area (Å²) >= 11 is 0. The number of hydrogen-bond acceptors (Lipinski definition) is 11. The SMILES string of the molecule is CC(=O)CCCCCNC(=O)CC[C@@H](C)[C@H]1CC[C@H]2[C@@H]3[C@H](OC(=O)CCN)C[C@@H]4C[C@H](OC(=O)CCN)CC[C@]4(C)[C@H]3C[C@H](OC(=O)CCN)[C@]12C. The van der Waals surface area contributed by atoms with Crippen LogP contribution in [0.15, 0.2) is 0 Å². The molecule has 4 rings (SSSR count). The third-order valence-corrected chi connectivity index (χ3v) is 13.7. The van der Waals surface area contributed by atoms with Crippen LogP contribution in [0.5, 0.6) is 0 Å². The van der Waals surface area contributed by atoms with E-state index >= 15 is 0 Å². The number of ether oxygens (including phenoxy) is 3. The van der Waals surface area contributed by atoms with Crippen LogP contribution in [0.3, 0.4) is 0 Å². The first-order chi connectivity index (χ1) is 24.8. The number of fused-ring (bicyclic) bond motifs is 5. The van der Waals surface area contributed by atoms with Gasteiger partial charge in [0.1, 0.15) is 24.1 Å². The van der Waals surface area contributed by atoms with Gasteiger partial charge in [-0.25, -0.2) is 0 Å². The summed E-state index contributed by atoms with van der Waals surface area (Å²) in [5.74, 6) is 0.299. The molecule has 4 fully saturated rings. The summed E-state index contributed by atoms with van der Waals surface area (Å²) in [6, 6.07) is 0. The molecule has 0 aromatic rings. The third-order valence-electron chi connectivity index (χ3n) is 13.7. The molecule has 0 aromatic heterocycles. The molecule has 12 heteroatoms. The van der Waals surface area contributed by atoms with E-state index in [1.807, 2.05) is 0 Å². The summed E-state index contributed by atoms with van der Waals surface area (Å²) in [4.78, 5) is 62.8. The molecule has 4 aliphatic carbocycles. The van der Waals surface area contributed by atoms with Gasteiger partial charge < -0.3 is 41.5 Å². The van der Waals surface area contributed by atoms with Crippen LogP contribution < -0.4 is 22.5 Å². The van der Waals surface area contributed by atoms with Crippen molar-refractivity contribution in [1.82, 2.24) is 5.32 Å². The maximum absolute atomic E-state index is 13.2. The largest absolute Gasteiger partial charge is 0.462 e. The zero-order valence-electron chi connectivity index (χ0n) is 32.3. The highest BCUT2D eigenvalue weighted by atomic mass is 16.6. The molecule has 0 spiro atoms. The van der Waals surface area contributed by atoms with Gasteiger partial charge in [0, 0.05) is 50.4 Å². The highest BCUT2D eigenvalue weighted by molar-refractivity contribution is 5.76. The predicted octanol–water partition coefficient (Wildman–Crippen LogP) is 4.33. The lowest BCUT2D eigenvalue weighted by molar-refractivity contribution is -0.225. The Morgan fingerprint density at radius 1 is 0.750 bits per heavy atom. The number of nitrogens with two attached hydrogens (primary N) is 3. The molecule has 0 bridgehead atoms. The van der Waals surface area contributed by atoms with E-state index in [0.717, 1.165) is 51.4 Å². The second-order valence-electron chi connectivity index (χ2n) is 16.9. The van der Waals surface area contributed by atoms with Crippen molar-refractivity contribution in [2.75, 3.05) is 26.2 Å². The van der Waals surface area contributed by atoms with E-state index in [4.69, 9.17) is 31.4 Å². The first kappa shape index (κ1) is 42.2. The highest BCUT2D eigenvalue weighted by Crippen LogP contribution is 2.69. The number of nitrogens with one attached hydrogen (secondary N) is 1. The second kappa shape index (κ2) is 19.1. The zero-order valence-corrected chi connectivity index (χ0v) is 32.3. The van der Waals surface area contributed by atoms with Crippen molar-refractivity contribution < 1.29 is 38.2 Å². The summed E-state index contributed by atoms with van der Waals surface area (Å²) in [7, 11) is 0. The van der Waals surface area contributed by atoms with Crippen molar-refractivity contribution in [3.63, 3.8) is 0 Å². The molecule has 4 saturated carbocycles. The fraction of sp³-hybridized carbons (Fsp3) is 0.875. The minimum atomic E-state index is -0.380. The smallest absolute Gasteiger partial charge is 0.307 e. The molecule has 0 unspecified atom stereocenters. The minimum absolute atomic E-state index is 0.0372. The highest BCUT2D eigenvalue weighted by Gasteiger charge is 2.67. The Morgan fingerprint density at radius 3 is 2.06 bits per heavy atom. The van der Waals surface area contributed by atoms with E-state index in [0.29, 0.717) is 38.6 Å². The van der Waals surface area contributed by atoms with Crippen LogP contribution >= 0.6 is 0 Å². The van der Waals surface area contributed by atoms with Crippen molar-refractivity contribution in [1.29, 1.82) is 0 Å². The van der Waals surface area contributed by atoms with E-state index < -0.39 is 0 Å². The standard InChI is InChI=1S/C40H68N4O8/c1-25(9-12-34(46)44-21-7-5-6-8-26(2)45)29-10-11-30-38-31(24-33(40(29,30)4)52-37(49)16-20-43)39(3)17-13-28(50-35(47)14-18-41)22-27(39)23-32(38)51-36(48)15-19-42/h25,27-33,38H,5-24,41-43H2,1-4H3,(H,44,46)/t25-,27+,28-,29-,30+,31+,32-,33+,38+,39+,40-/m1/s1. The lowest BCUT2D eigenvalue weighted by Crippen LogP contribution is -2.63. The van der Waals surface area contributed by atoms with Crippen LogP contribution in [-0.2, 0) is 38.2 Å². The maximum atomic E-state index is 13.2. The molecule has 0 radical (unpaired) electrons. The van der Waals surface area contributed by atoms with E-state index in [2.05, 4.69) is 26.1 Å². The summed E-state index contributed by atoms with van der Waals surface area (Å²) in [5.41, 5.74) is 16.7. The topological polar surface area (TPSA) is 203 Å². The fourth-order valence-corrected chi connectivity index (χ4v) is 11.1. The Morgan fingerprint density at radius 2 is 1.40 bits per heavy atom. The average Bonchev–Trinajstić information content (AvgIpc) is 3.44. The number of ketones is 1. The van der Waals surface area contributed by atoms with E-state index in [-0.39, 0.29) is 133 Å². The van der Waals surface area contributed by atoms with Crippen molar-refractivity contribution in [3.05, 3.63) is 0 Å². The molecule has 296 valence electrons. The Bertz CT molecular complexity index is 1250. The molecule has 52 heavy (non-hydrogen) atoms. The molecule has 11 atom stereocenters. The van der Waals surface area contributed by atoms with E-state index in [1.54, 1.807) is 6.92 Å². The van der Waals surface area contributed by atoms with E-state index in [1.165, 1.54) is 0 Å². The van der Waals surface area contributed by atoms with Crippen molar-refractivity contribution >= 4 is 29.6 Å². The monoisotopic (exact) mass is 733 g/mol. The lowest BCUT2D eigenvalue weighted by atomic mass is 9.43. The number of Topliss-reactive ketones (excluding diaryl/α,β-unsaturated/α-hetero) is 1. The van der Waals surface area contributed by atoms with Gasteiger partial charge in [0.25, 0.3) is 0 Å². The van der Waals surface area contributed by atoms with Crippen molar-refractivity contribution in [2.24, 2.45) is 63.5 Å². The minimum Gasteiger partial charge on any atom is -0.462 e.